The molecule has 0 radical (unpaired) electrons. The molecule has 166 valence electrons. The van der Waals surface area contributed by atoms with E-state index >= 15 is 0 Å². The minimum Gasteiger partial charge on any atom is -0.497 e. The van der Waals surface area contributed by atoms with Crippen LogP contribution in [0, 0.1) is 6.92 Å². The number of hydrogen-bond donors (Lipinski definition) is 2. The van der Waals surface area contributed by atoms with Gasteiger partial charge < -0.3 is 20.1 Å². The SMILES string of the molecule is COC(=O)c1c(NC(=O)c2cccc(OC)c2)sc(C(=O)Nc2cc(Cl)ccc2Cl)c1C. The zero-order valence-electron chi connectivity index (χ0n) is 17.2. The summed E-state index contributed by atoms with van der Waals surface area (Å²) in [4.78, 5) is 38.3. The van der Waals surface area contributed by atoms with Gasteiger partial charge in [-0.15, -0.1) is 11.3 Å². The van der Waals surface area contributed by atoms with E-state index < -0.39 is 17.8 Å². The Labute approximate surface area is 198 Å². The number of rotatable bonds is 6. The lowest BCUT2D eigenvalue weighted by atomic mass is 10.1. The van der Waals surface area contributed by atoms with Gasteiger partial charge in [-0.1, -0.05) is 29.3 Å². The Morgan fingerprint density at radius 3 is 2.41 bits per heavy atom. The van der Waals surface area contributed by atoms with E-state index in [4.69, 9.17) is 32.7 Å². The molecule has 0 bridgehead atoms. The fourth-order valence-electron chi connectivity index (χ4n) is 2.88. The van der Waals surface area contributed by atoms with Crippen molar-refractivity contribution in [2.75, 3.05) is 24.9 Å². The van der Waals surface area contributed by atoms with Crippen LogP contribution in [-0.2, 0) is 4.74 Å². The van der Waals surface area contributed by atoms with E-state index in [1.54, 1.807) is 43.3 Å². The fourth-order valence-corrected chi connectivity index (χ4v) is 4.30. The van der Waals surface area contributed by atoms with Gasteiger partial charge in [0.05, 0.1) is 35.4 Å². The lowest BCUT2D eigenvalue weighted by molar-refractivity contribution is 0.0601. The van der Waals surface area contributed by atoms with Gasteiger partial charge in [0, 0.05) is 10.6 Å². The largest absolute Gasteiger partial charge is 0.497 e. The Kier molecular flexibility index (Phi) is 7.40. The zero-order chi connectivity index (χ0) is 23.4. The van der Waals surface area contributed by atoms with Crippen LogP contribution in [0.2, 0.25) is 10.0 Å². The Bertz CT molecular complexity index is 1210. The molecule has 0 saturated carbocycles. The highest BCUT2D eigenvalue weighted by Gasteiger charge is 2.27. The van der Waals surface area contributed by atoms with Gasteiger partial charge >= 0.3 is 5.97 Å². The molecule has 7 nitrogen and oxygen atoms in total. The first kappa shape index (κ1) is 23.6. The average Bonchev–Trinajstić information content (AvgIpc) is 3.11. The molecule has 0 saturated heterocycles. The number of amides is 2. The van der Waals surface area contributed by atoms with Crippen LogP contribution in [0.4, 0.5) is 10.7 Å². The van der Waals surface area contributed by atoms with Crippen LogP contribution in [0.25, 0.3) is 0 Å². The van der Waals surface area contributed by atoms with E-state index in [9.17, 15) is 14.4 Å². The number of ether oxygens (including phenoxy) is 2. The molecule has 1 aromatic heterocycles. The molecule has 0 atom stereocenters. The highest BCUT2D eigenvalue weighted by Crippen LogP contribution is 2.35. The first-order valence-corrected chi connectivity index (χ1v) is 10.8. The fraction of sp³-hybridized carbons (Fsp3) is 0.136. The molecule has 0 aliphatic rings. The van der Waals surface area contributed by atoms with Crippen LogP contribution in [0.1, 0.15) is 36.0 Å². The minimum atomic E-state index is -0.681. The Morgan fingerprint density at radius 1 is 0.969 bits per heavy atom. The highest BCUT2D eigenvalue weighted by molar-refractivity contribution is 7.19. The van der Waals surface area contributed by atoms with E-state index in [2.05, 4.69) is 10.6 Å². The maximum atomic E-state index is 12.9. The molecule has 1 heterocycles. The molecule has 3 rings (SSSR count). The Morgan fingerprint density at radius 2 is 1.72 bits per heavy atom. The minimum absolute atomic E-state index is 0.0936. The standard InChI is InChI=1S/C22H18Cl2N2O5S/c1-11-17(22(29)31-3)21(26-19(27)12-5-4-6-14(9-12)30-2)32-18(11)20(28)25-16-10-13(23)7-8-15(16)24/h4-10H,1-3H3,(H,25,28)(H,26,27). The van der Waals surface area contributed by atoms with Crippen molar-refractivity contribution in [1.82, 2.24) is 0 Å². The van der Waals surface area contributed by atoms with Gasteiger partial charge in [0.2, 0.25) is 0 Å². The van der Waals surface area contributed by atoms with Crippen molar-refractivity contribution in [3.63, 3.8) is 0 Å². The van der Waals surface area contributed by atoms with E-state index in [0.29, 0.717) is 32.6 Å². The van der Waals surface area contributed by atoms with Crippen molar-refractivity contribution in [3.8, 4) is 5.75 Å². The van der Waals surface area contributed by atoms with Crippen molar-refractivity contribution in [2.45, 2.75) is 6.92 Å². The number of methoxy groups -OCH3 is 2. The molecular weight excluding hydrogens is 475 g/mol. The summed E-state index contributed by atoms with van der Waals surface area (Å²) >= 11 is 13.1. The second-order valence-corrected chi connectivity index (χ2v) is 8.38. The van der Waals surface area contributed by atoms with Crippen LogP contribution in [-0.4, -0.2) is 32.0 Å². The molecule has 0 aliphatic carbocycles. The molecule has 0 spiro atoms. The normalized spacial score (nSPS) is 10.4. The van der Waals surface area contributed by atoms with Crippen molar-refractivity contribution in [3.05, 3.63) is 74.1 Å². The predicted octanol–water partition coefficient (Wildman–Crippen LogP) is 5.66. The van der Waals surface area contributed by atoms with E-state index in [1.165, 1.54) is 20.3 Å². The van der Waals surface area contributed by atoms with Crippen molar-refractivity contribution >= 4 is 63.0 Å². The van der Waals surface area contributed by atoms with Crippen LogP contribution >= 0.6 is 34.5 Å². The van der Waals surface area contributed by atoms with E-state index in [1.807, 2.05) is 0 Å². The maximum Gasteiger partial charge on any atom is 0.341 e. The first-order chi connectivity index (χ1) is 15.2. The second kappa shape index (κ2) is 10.0. The third kappa shape index (κ3) is 5.04. The highest BCUT2D eigenvalue weighted by atomic mass is 35.5. The van der Waals surface area contributed by atoms with Crippen LogP contribution in [0.3, 0.4) is 0 Å². The lowest BCUT2D eigenvalue weighted by Gasteiger charge is -2.07. The number of anilines is 2. The number of carbonyl (C=O) groups excluding carboxylic acids is 3. The Hall–Kier alpha value is -3.07. The molecule has 2 amide bonds. The summed E-state index contributed by atoms with van der Waals surface area (Å²) in [5, 5.41) is 6.25. The first-order valence-electron chi connectivity index (χ1n) is 9.18. The molecule has 10 heteroatoms. The summed E-state index contributed by atoms with van der Waals surface area (Å²) < 4.78 is 9.99. The molecule has 3 aromatic rings. The lowest BCUT2D eigenvalue weighted by Crippen LogP contribution is -2.14. The molecule has 0 aliphatic heterocycles. The number of esters is 1. The third-order valence-corrected chi connectivity index (χ3v) is 6.25. The van der Waals surface area contributed by atoms with Gasteiger partial charge in [0.15, 0.2) is 0 Å². The van der Waals surface area contributed by atoms with Gasteiger partial charge in [-0.2, -0.15) is 0 Å². The number of hydrogen-bond acceptors (Lipinski definition) is 6. The number of carbonyl (C=O) groups is 3. The Balaban J connectivity index is 1.95. The van der Waals surface area contributed by atoms with Gasteiger partial charge in [0.1, 0.15) is 10.8 Å². The number of halogens is 2. The molecular formula is C22H18Cl2N2O5S. The topological polar surface area (TPSA) is 93.7 Å². The number of nitrogens with one attached hydrogen (secondary N) is 2. The summed E-state index contributed by atoms with van der Waals surface area (Å²) in [6.45, 7) is 1.60. The predicted molar refractivity (Wildman–Crippen MR) is 126 cm³/mol. The summed E-state index contributed by atoms with van der Waals surface area (Å²) in [7, 11) is 2.71. The van der Waals surface area contributed by atoms with E-state index in [-0.39, 0.29) is 15.4 Å². The quantitative estimate of drug-likeness (QED) is 0.432. The number of benzene rings is 2. The molecule has 0 unspecified atom stereocenters. The summed E-state index contributed by atoms with van der Waals surface area (Å²) in [5.41, 5.74) is 1.09. The van der Waals surface area contributed by atoms with E-state index in [0.717, 1.165) is 11.3 Å². The second-order valence-electron chi connectivity index (χ2n) is 6.52. The van der Waals surface area contributed by atoms with Gasteiger partial charge in [0.25, 0.3) is 11.8 Å². The summed E-state index contributed by atoms with van der Waals surface area (Å²) in [5.74, 6) is -1.16. The summed E-state index contributed by atoms with van der Waals surface area (Å²) in [6, 6.07) is 11.2. The number of thiophene rings is 1. The zero-order valence-corrected chi connectivity index (χ0v) is 19.6. The smallest absolute Gasteiger partial charge is 0.341 e. The molecule has 32 heavy (non-hydrogen) atoms. The maximum absolute atomic E-state index is 12.9. The summed E-state index contributed by atoms with van der Waals surface area (Å²) in [6.07, 6.45) is 0. The van der Waals surface area contributed by atoms with Crippen LogP contribution in [0.15, 0.2) is 42.5 Å². The van der Waals surface area contributed by atoms with Gasteiger partial charge in [-0.3, -0.25) is 9.59 Å². The third-order valence-electron chi connectivity index (χ3n) is 4.48. The van der Waals surface area contributed by atoms with Gasteiger partial charge in [-0.25, -0.2) is 4.79 Å². The molecule has 2 N–H and O–H groups in total. The van der Waals surface area contributed by atoms with Crippen molar-refractivity contribution in [1.29, 1.82) is 0 Å². The molecule has 2 aromatic carbocycles. The van der Waals surface area contributed by atoms with Crippen molar-refractivity contribution in [2.24, 2.45) is 0 Å². The average molecular weight is 493 g/mol. The monoisotopic (exact) mass is 492 g/mol. The van der Waals surface area contributed by atoms with Crippen LogP contribution in [0.5, 0.6) is 5.75 Å². The van der Waals surface area contributed by atoms with Crippen molar-refractivity contribution < 1.29 is 23.9 Å². The molecule has 0 fully saturated rings. The van der Waals surface area contributed by atoms with Crippen LogP contribution < -0.4 is 15.4 Å². The van der Waals surface area contributed by atoms with Gasteiger partial charge in [-0.05, 0) is 48.9 Å².